The van der Waals surface area contributed by atoms with Gasteiger partial charge in [-0.15, -0.1) is 0 Å². The summed E-state index contributed by atoms with van der Waals surface area (Å²) in [5, 5.41) is 22.2. The highest BCUT2D eigenvalue weighted by Crippen LogP contribution is 2.41. The SMILES string of the molecule is N#CC(COc1cccc(CO)c1)(NC1CC1)C1CC1. The van der Waals surface area contributed by atoms with Crippen molar-refractivity contribution in [1.82, 2.24) is 5.32 Å². The minimum Gasteiger partial charge on any atom is -0.491 e. The third-order valence-electron chi connectivity index (χ3n) is 4.06. The van der Waals surface area contributed by atoms with E-state index in [2.05, 4.69) is 11.4 Å². The van der Waals surface area contributed by atoms with Crippen LogP contribution in [0.5, 0.6) is 5.75 Å². The van der Waals surface area contributed by atoms with Crippen molar-refractivity contribution < 1.29 is 9.84 Å². The Bertz CT molecular complexity index is 517. The number of ether oxygens (including phenoxy) is 1. The van der Waals surface area contributed by atoms with E-state index >= 15 is 0 Å². The number of nitrogens with zero attached hydrogens (tertiary/aromatic N) is 1. The van der Waals surface area contributed by atoms with Gasteiger partial charge in [-0.3, -0.25) is 5.32 Å². The quantitative estimate of drug-likeness (QED) is 0.796. The predicted molar refractivity (Wildman–Crippen MR) is 75.1 cm³/mol. The van der Waals surface area contributed by atoms with Gasteiger partial charge >= 0.3 is 0 Å². The average Bonchev–Trinajstić information content (AvgIpc) is 3.37. The summed E-state index contributed by atoms with van der Waals surface area (Å²) in [5.41, 5.74) is 0.280. The third-order valence-corrected chi connectivity index (χ3v) is 4.06. The van der Waals surface area contributed by atoms with E-state index in [0.29, 0.717) is 18.6 Å². The molecule has 0 saturated heterocycles. The highest BCUT2D eigenvalue weighted by Gasteiger charge is 2.49. The number of aliphatic hydroxyl groups excluding tert-OH is 1. The van der Waals surface area contributed by atoms with Gasteiger partial charge in [0.1, 0.15) is 17.9 Å². The summed E-state index contributed by atoms with van der Waals surface area (Å²) in [5.74, 6) is 1.13. The van der Waals surface area contributed by atoms with E-state index < -0.39 is 5.54 Å². The molecule has 0 heterocycles. The Labute approximate surface area is 119 Å². The Balaban J connectivity index is 1.68. The van der Waals surface area contributed by atoms with Gasteiger partial charge in [-0.1, -0.05) is 12.1 Å². The molecule has 1 atom stereocenters. The predicted octanol–water partition coefficient (Wildman–Crippen LogP) is 1.98. The van der Waals surface area contributed by atoms with Crippen LogP contribution in [0.25, 0.3) is 0 Å². The van der Waals surface area contributed by atoms with Crippen molar-refractivity contribution in [2.45, 2.75) is 43.9 Å². The van der Waals surface area contributed by atoms with Gasteiger partial charge in [0.25, 0.3) is 0 Å². The molecule has 1 aromatic carbocycles. The van der Waals surface area contributed by atoms with E-state index in [1.807, 2.05) is 24.3 Å². The largest absolute Gasteiger partial charge is 0.491 e. The lowest BCUT2D eigenvalue weighted by atomic mass is 9.96. The monoisotopic (exact) mass is 272 g/mol. The molecule has 106 valence electrons. The number of nitriles is 1. The molecule has 3 rings (SSSR count). The molecule has 2 aliphatic carbocycles. The van der Waals surface area contributed by atoms with Crippen LogP contribution < -0.4 is 10.1 Å². The molecule has 4 heteroatoms. The van der Waals surface area contributed by atoms with Crippen molar-refractivity contribution in [2.75, 3.05) is 6.61 Å². The van der Waals surface area contributed by atoms with E-state index in [9.17, 15) is 5.26 Å². The summed E-state index contributed by atoms with van der Waals surface area (Å²) in [6.45, 7) is 0.378. The van der Waals surface area contributed by atoms with Crippen LogP contribution in [0.2, 0.25) is 0 Å². The highest BCUT2D eigenvalue weighted by atomic mass is 16.5. The van der Waals surface area contributed by atoms with Gasteiger partial charge in [-0.05, 0) is 49.3 Å². The van der Waals surface area contributed by atoms with E-state index in [4.69, 9.17) is 9.84 Å². The molecule has 2 fully saturated rings. The summed E-state index contributed by atoms with van der Waals surface area (Å²) in [7, 11) is 0. The van der Waals surface area contributed by atoms with Gasteiger partial charge in [0, 0.05) is 6.04 Å². The van der Waals surface area contributed by atoms with E-state index in [0.717, 1.165) is 37.0 Å². The molecule has 0 bridgehead atoms. The van der Waals surface area contributed by atoms with Crippen LogP contribution >= 0.6 is 0 Å². The van der Waals surface area contributed by atoms with Crippen molar-refractivity contribution in [1.29, 1.82) is 5.26 Å². The molecule has 2 N–H and O–H groups in total. The first-order valence-corrected chi connectivity index (χ1v) is 7.27. The van der Waals surface area contributed by atoms with E-state index in [1.165, 1.54) is 0 Å². The molecule has 0 aliphatic heterocycles. The smallest absolute Gasteiger partial charge is 0.144 e. The first kappa shape index (κ1) is 13.4. The zero-order valence-corrected chi connectivity index (χ0v) is 11.5. The van der Waals surface area contributed by atoms with Crippen LogP contribution in [0.1, 0.15) is 31.2 Å². The molecule has 4 nitrogen and oxygen atoms in total. The van der Waals surface area contributed by atoms with Crippen molar-refractivity contribution in [3.63, 3.8) is 0 Å². The lowest BCUT2D eigenvalue weighted by Crippen LogP contribution is -2.52. The Hall–Kier alpha value is -1.57. The second-order valence-electron chi connectivity index (χ2n) is 5.87. The lowest BCUT2D eigenvalue weighted by molar-refractivity contribution is 0.199. The number of benzene rings is 1. The summed E-state index contributed by atoms with van der Waals surface area (Å²) in [6, 6.07) is 10.4. The molecule has 0 aromatic heterocycles. The van der Waals surface area contributed by atoms with Crippen LogP contribution in [0, 0.1) is 17.2 Å². The van der Waals surface area contributed by atoms with Crippen LogP contribution in [0.15, 0.2) is 24.3 Å². The van der Waals surface area contributed by atoms with Crippen molar-refractivity contribution in [3.05, 3.63) is 29.8 Å². The third kappa shape index (κ3) is 2.95. The fraction of sp³-hybridized carbons (Fsp3) is 0.562. The van der Waals surface area contributed by atoms with Gasteiger partial charge in [0.2, 0.25) is 0 Å². The molecule has 0 radical (unpaired) electrons. The maximum absolute atomic E-state index is 9.61. The van der Waals surface area contributed by atoms with Gasteiger partial charge in [0.05, 0.1) is 12.7 Å². The first-order valence-electron chi connectivity index (χ1n) is 7.27. The Kier molecular flexibility index (Phi) is 3.64. The molecule has 0 amide bonds. The number of aliphatic hydroxyl groups is 1. The standard InChI is InChI=1S/C16H20N2O2/c17-10-16(13-4-5-13,18-14-6-7-14)11-20-15-3-1-2-12(8-15)9-19/h1-3,8,13-14,18-19H,4-7,9,11H2. The number of hydrogen-bond acceptors (Lipinski definition) is 4. The second kappa shape index (κ2) is 5.43. The van der Waals surface area contributed by atoms with E-state index in [-0.39, 0.29) is 6.61 Å². The molecule has 0 spiro atoms. The lowest BCUT2D eigenvalue weighted by Gasteiger charge is -2.28. The maximum Gasteiger partial charge on any atom is 0.144 e. The fourth-order valence-electron chi connectivity index (χ4n) is 2.53. The zero-order valence-electron chi connectivity index (χ0n) is 11.5. The molecule has 2 aliphatic rings. The molecule has 1 unspecified atom stereocenters. The highest BCUT2D eigenvalue weighted by molar-refractivity contribution is 5.29. The van der Waals surface area contributed by atoms with Gasteiger partial charge in [0.15, 0.2) is 0 Å². The molecular weight excluding hydrogens is 252 g/mol. The fourth-order valence-corrected chi connectivity index (χ4v) is 2.53. The minimum atomic E-state index is -0.545. The van der Waals surface area contributed by atoms with Crippen molar-refractivity contribution in [2.24, 2.45) is 5.92 Å². The van der Waals surface area contributed by atoms with Crippen LogP contribution in [-0.4, -0.2) is 23.3 Å². The normalized spacial score (nSPS) is 21.0. The first-order chi connectivity index (χ1) is 9.75. The van der Waals surface area contributed by atoms with Crippen LogP contribution in [0.3, 0.4) is 0 Å². The van der Waals surface area contributed by atoms with Gasteiger partial charge in [-0.25, -0.2) is 0 Å². The van der Waals surface area contributed by atoms with Gasteiger partial charge < -0.3 is 9.84 Å². The van der Waals surface area contributed by atoms with Gasteiger partial charge in [-0.2, -0.15) is 5.26 Å². The van der Waals surface area contributed by atoms with Crippen LogP contribution in [-0.2, 0) is 6.61 Å². The average molecular weight is 272 g/mol. The van der Waals surface area contributed by atoms with Crippen molar-refractivity contribution in [3.8, 4) is 11.8 Å². The maximum atomic E-state index is 9.61. The molecular formula is C16H20N2O2. The van der Waals surface area contributed by atoms with Crippen molar-refractivity contribution >= 4 is 0 Å². The zero-order chi connectivity index (χ0) is 14.0. The Morgan fingerprint density at radius 2 is 2.15 bits per heavy atom. The van der Waals surface area contributed by atoms with Crippen LogP contribution in [0.4, 0.5) is 0 Å². The number of nitrogens with one attached hydrogen (secondary N) is 1. The topological polar surface area (TPSA) is 65.3 Å². The summed E-state index contributed by atoms with van der Waals surface area (Å²) < 4.78 is 5.84. The number of rotatable bonds is 7. The minimum absolute atomic E-state index is 0.00351. The molecule has 20 heavy (non-hydrogen) atoms. The summed E-state index contributed by atoms with van der Waals surface area (Å²) >= 11 is 0. The Morgan fingerprint density at radius 3 is 2.75 bits per heavy atom. The molecule has 1 aromatic rings. The summed E-state index contributed by atoms with van der Waals surface area (Å²) in [4.78, 5) is 0. The van der Waals surface area contributed by atoms with E-state index in [1.54, 1.807) is 0 Å². The Morgan fingerprint density at radius 1 is 1.35 bits per heavy atom. The summed E-state index contributed by atoms with van der Waals surface area (Å²) in [6.07, 6.45) is 4.53. The molecule has 2 saturated carbocycles. The number of hydrogen-bond donors (Lipinski definition) is 2. The second-order valence-corrected chi connectivity index (χ2v) is 5.87.